The van der Waals surface area contributed by atoms with Crippen molar-refractivity contribution in [2.45, 2.75) is 19.4 Å². The van der Waals surface area contributed by atoms with Gasteiger partial charge in [0, 0.05) is 5.02 Å². The minimum atomic E-state index is -0.376. The van der Waals surface area contributed by atoms with Gasteiger partial charge in [0.25, 0.3) is 6.02 Å². The monoisotopic (exact) mass is 224 g/mol. The first-order valence-electron chi connectivity index (χ1n) is 4.76. The molecule has 3 nitrogen and oxygen atoms in total. The Morgan fingerprint density at radius 2 is 2.27 bits per heavy atom. The van der Waals surface area contributed by atoms with E-state index in [0.29, 0.717) is 6.61 Å². The molecule has 1 aromatic rings. The van der Waals surface area contributed by atoms with Gasteiger partial charge in [-0.05, 0) is 31.0 Å². The number of nitrogens with two attached hydrogens (primary N) is 1. The second kappa shape index (κ2) is 3.42. The molecule has 1 heterocycles. The summed E-state index contributed by atoms with van der Waals surface area (Å²) in [5.74, 6) is 0. The van der Waals surface area contributed by atoms with Gasteiger partial charge in [-0.25, -0.2) is 4.99 Å². The molecule has 2 N–H and O–H groups in total. The number of halogens is 1. The first-order valence-corrected chi connectivity index (χ1v) is 5.14. The fourth-order valence-corrected chi connectivity index (χ4v) is 1.77. The smallest absolute Gasteiger partial charge is 0.283 e. The molecule has 0 aliphatic carbocycles. The summed E-state index contributed by atoms with van der Waals surface area (Å²) in [4.78, 5) is 4.29. The number of rotatable bonds is 1. The molecule has 0 saturated carbocycles. The number of nitrogens with zero attached hydrogens (tertiary/aromatic N) is 1. The third-order valence-electron chi connectivity index (χ3n) is 2.64. The molecule has 80 valence electrons. The number of aryl methyl sites for hydroxylation is 1. The molecule has 0 spiro atoms. The second-order valence-electron chi connectivity index (χ2n) is 3.98. The average molecular weight is 225 g/mol. The normalized spacial score (nSPS) is 24.9. The first-order chi connectivity index (χ1) is 7.01. The topological polar surface area (TPSA) is 47.6 Å². The fraction of sp³-hybridized carbons (Fsp3) is 0.364. The molecule has 0 fully saturated rings. The Bertz CT molecular complexity index is 431. The van der Waals surface area contributed by atoms with Crippen LogP contribution >= 0.6 is 11.6 Å². The summed E-state index contributed by atoms with van der Waals surface area (Å²) in [5, 5.41) is 0.762. The SMILES string of the molecule is Cc1cc([C@]2(C)COC(N)=N2)ccc1Cl. The summed E-state index contributed by atoms with van der Waals surface area (Å²) < 4.78 is 5.19. The summed E-state index contributed by atoms with van der Waals surface area (Å²) in [6, 6.07) is 6.11. The lowest BCUT2D eigenvalue weighted by atomic mass is 9.93. The Morgan fingerprint density at radius 1 is 1.53 bits per heavy atom. The highest BCUT2D eigenvalue weighted by Gasteiger charge is 2.32. The number of hydrogen-bond donors (Lipinski definition) is 1. The first kappa shape index (κ1) is 10.3. The largest absolute Gasteiger partial charge is 0.462 e. The zero-order valence-electron chi connectivity index (χ0n) is 8.75. The predicted octanol–water partition coefficient (Wildman–Crippen LogP) is 2.21. The number of ether oxygens (including phenoxy) is 1. The molecule has 1 aromatic carbocycles. The Hall–Kier alpha value is -1.22. The van der Waals surface area contributed by atoms with Gasteiger partial charge >= 0.3 is 0 Å². The maximum Gasteiger partial charge on any atom is 0.283 e. The third kappa shape index (κ3) is 1.79. The highest BCUT2D eigenvalue weighted by Crippen LogP contribution is 2.31. The van der Waals surface area contributed by atoms with Gasteiger partial charge in [-0.1, -0.05) is 23.7 Å². The van der Waals surface area contributed by atoms with Crippen molar-refractivity contribution in [3.05, 3.63) is 34.3 Å². The molecule has 1 aliphatic rings. The van der Waals surface area contributed by atoms with Crippen molar-refractivity contribution in [3.8, 4) is 0 Å². The molecule has 0 bridgehead atoms. The van der Waals surface area contributed by atoms with Crippen molar-refractivity contribution in [3.63, 3.8) is 0 Å². The van der Waals surface area contributed by atoms with Crippen molar-refractivity contribution < 1.29 is 4.74 Å². The van der Waals surface area contributed by atoms with Gasteiger partial charge in [-0.15, -0.1) is 0 Å². The van der Waals surface area contributed by atoms with Crippen molar-refractivity contribution in [2.75, 3.05) is 6.61 Å². The number of amidine groups is 1. The van der Waals surface area contributed by atoms with Crippen LogP contribution in [0.15, 0.2) is 23.2 Å². The molecular weight excluding hydrogens is 212 g/mol. The van der Waals surface area contributed by atoms with Gasteiger partial charge in [-0.3, -0.25) is 0 Å². The molecule has 2 rings (SSSR count). The standard InChI is InChI=1S/C11H13ClN2O/c1-7-5-8(3-4-9(7)12)11(2)6-15-10(13)14-11/h3-5H,6H2,1-2H3,(H2,13,14)/t11-/m0/s1. The summed E-state index contributed by atoms with van der Waals surface area (Å²) >= 11 is 5.97. The summed E-state index contributed by atoms with van der Waals surface area (Å²) in [6.45, 7) is 4.45. The van der Waals surface area contributed by atoms with Crippen molar-refractivity contribution >= 4 is 17.6 Å². The van der Waals surface area contributed by atoms with E-state index in [-0.39, 0.29) is 11.6 Å². The maximum absolute atomic E-state index is 5.97. The molecule has 0 amide bonds. The van der Waals surface area contributed by atoms with Gasteiger partial charge in [-0.2, -0.15) is 0 Å². The number of aliphatic imine (C=N–C) groups is 1. The zero-order chi connectivity index (χ0) is 11.1. The average Bonchev–Trinajstić information content (AvgIpc) is 2.52. The third-order valence-corrected chi connectivity index (χ3v) is 3.06. The summed E-state index contributed by atoms with van der Waals surface area (Å²) in [5.41, 5.74) is 7.25. The van der Waals surface area contributed by atoms with Gasteiger partial charge in [0.1, 0.15) is 12.1 Å². The van der Waals surface area contributed by atoms with Crippen molar-refractivity contribution in [2.24, 2.45) is 10.7 Å². The van der Waals surface area contributed by atoms with E-state index in [9.17, 15) is 0 Å². The van der Waals surface area contributed by atoms with Crippen LogP contribution in [0.1, 0.15) is 18.1 Å². The van der Waals surface area contributed by atoms with Gasteiger partial charge in [0.15, 0.2) is 0 Å². The van der Waals surface area contributed by atoms with Gasteiger partial charge < -0.3 is 10.5 Å². The van der Waals surface area contributed by atoms with Crippen molar-refractivity contribution in [1.82, 2.24) is 0 Å². The lowest BCUT2D eigenvalue weighted by Gasteiger charge is -2.19. The van der Waals surface area contributed by atoms with Gasteiger partial charge in [0.05, 0.1) is 0 Å². The van der Waals surface area contributed by atoms with Gasteiger partial charge in [0.2, 0.25) is 0 Å². The minimum absolute atomic E-state index is 0.255. The molecule has 1 aliphatic heterocycles. The van der Waals surface area contributed by atoms with Crippen LogP contribution in [0.4, 0.5) is 0 Å². The zero-order valence-corrected chi connectivity index (χ0v) is 9.51. The lowest BCUT2D eigenvalue weighted by Crippen LogP contribution is -2.20. The van der Waals surface area contributed by atoms with E-state index in [0.717, 1.165) is 16.1 Å². The van der Waals surface area contributed by atoms with Crippen LogP contribution in [0.25, 0.3) is 0 Å². The molecular formula is C11H13ClN2O. The van der Waals surface area contributed by atoms with E-state index in [1.165, 1.54) is 0 Å². The lowest BCUT2D eigenvalue weighted by molar-refractivity contribution is 0.266. The Morgan fingerprint density at radius 3 is 2.80 bits per heavy atom. The van der Waals surface area contributed by atoms with E-state index in [4.69, 9.17) is 22.1 Å². The van der Waals surface area contributed by atoms with E-state index in [1.54, 1.807) is 0 Å². The predicted molar refractivity (Wildman–Crippen MR) is 61.1 cm³/mol. The van der Waals surface area contributed by atoms with E-state index in [1.807, 2.05) is 32.0 Å². The second-order valence-corrected chi connectivity index (χ2v) is 4.38. The molecule has 0 aromatic heterocycles. The van der Waals surface area contributed by atoms with E-state index in [2.05, 4.69) is 4.99 Å². The fourth-order valence-electron chi connectivity index (χ4n) is 1.65. The van der Waals surface area contributed by atoms with E-state index >= 15 is 0 Å². The van der Waals surface area contributed by atoms with Crippen LogP contribution < -0.4 is 5.73 Å². The highest BCUT2D eigenvalue weighted by molar-refractivity contribution is 6.31. The minimum Gasteiger partial charge on any atom is -0.462 e. The summed E-state index contributed by atoms with van der Waals surface area (Å²) in [7, 11) is 0. The molecule has 4 heteroatoms. The van der Waals surface area contributed by atoms with Crippen LogP contribution in [-0.4, -0.2) is 12.6 Å². The molecule has 0 saturated heterocycles. The van der Waals surface area contributed by atoms with Crippen LogP contribution in [0.3, 0.4) is 0 Å². The molecule has 0 radical (unpaired) electrons. The molecule has 15 heavy (non-hydrogen) atoms. The van der Waals surface area contributed by atoms with Crippen LogP contribution in [-0.2, 0) is 10.3 Å². The summed E-state index contributed by atoms with van der Waals surface area (Å²) in [6.07, 6.45) is 0. The van der Waals surface area contributed by atoms with Crippen LogP contribution in [0, 0.1) is 6.92 Å². The van der Waals surface area contributed by atoms with Crippen molar-refractivity contribution in [1.29, 1.82) is 0 Å². The van der Waals surface area contributed by atoms with E-state index < -0.39 is 0 Å². The molecule has 1 atom stereocenters. The Balaban J connectivity index is 2.42. The van der Waals surface area contributed by atoms with Crippen LogP contribution in [0.2, 0.25) is 5.02 Å². The highest BCUT2D eigenvalue weighted by atomic mass is 35.5. The number of hydrogen-bond acceptors (Lipinski definition) is 3. The molecule has 0 unspecified atom stereocenters. The van der Waals surface area contributed by atoms with Crippen LogP contribution in [0.5, 0.6) is 0 Å². The Labute approximate surface area is 93.9 Å². The number of benzene rings is 1. The Kier molecular flexibility index (Phi) is 2.35. The maximum atomic E-state index is 5.97. The quantitative estimate of drug-likeness (QED) is 0.795.